The summed E-state index contributed by atoms with van der Waals surface area (Å²) < 4.78 is 0. The van der Waals surface area contributed by atoms with Gasteiger partial charge in [-0.3, -0.25) is 4.79 Å². The molecule has 3 nitrogen and oxygen atoms in total. The molecule has 1 N–H and O–H groups in total. The van der Waals surface area contributed by atoms with Gasteiger partial charge in [-0.15, -0.1) is 0 Å². The van der Waals surface area contributed by atoms with E-state index in [-0.39, 0.29) is 12.0 Å². The van der Waals surface area contributed by atoms with Gasteiger partial charge in [-0.1, -0.05) is 24.1 Å². The molecule has 0 aromatic heterocycles. The first kappa shape index (κ1) is 10.7. The molecule has 0 saturated carbocycles. The van der Waals surface area contributed by atoms with Crippen molar-refractivity contribution in [2.45, 2.75) is 12.5 Å². The topological polar surface area (TPSA) is 40.5 Å². The van der Waals surface area contributed by atoms with Crippen LogP contribution in [0.5, 0.6) is 0 Å². The summed E-state index contributed by atoms with van der Waals surface area (Å²) in [5, 5.41) is 9.29. The van der Waals surface area contributed by atoms with E-state index in [1.165, 1.54) is 0 Å². The molecule has 1 aromatic carbocycles. The highest BCUT2D eigenvalue weighted by Gasteiger charge is 2.23. The first-order chi connectivity index (χ1) is 7.75. The van der Waals surface area contributed by atoms with Crippen molar-refractivity contribution in [1.29, 1.82) is 0 Å². The van der Waals surface area contributed by atoms with Crippen LogP contribution in [0.3, 0.4) is 0 Å². The van der Waals surface area contributed by atoms with Crippen LogP contribution >= 0.6 is 0 Å². The number of aliphatic hydroxyl groups excluding tert-OH is 1. The number of aliphatic hydroxyl groups is 1. The molecule has 1 atom stereocenters. The molecule has 1 saturated heterocycles. The van der Waals surface area contributed by atoms with Crippen molar-refractivity contribution in [3.63, 3.8) is 0 Å². The Balaban J connectivity index is 2.00. The van der Waals surface area contributed by atoms with Crippen molar-refractivity contribution < 1.29 is 9.90 Å². The maximum Gasteiger partial charge on any atom is 0.298 e. The zero-order chi connectivity index (χ0) is 11.4. The zero-order valence-electron chi connectivity index (χ0n) is 8.89. The number of amides is 1. The lowest BCUT2D eigenvalue weighted by atomic mass is 10.2. The van der Waals surface area contributed by atoms with Crippen LogP contribution in [0, 0.1) is 11.8 Å². The fraction of sp³-hybridized carbons (Fsp3) is 0.308. The Morgan fingerprint density at radius 3 is 2.75 bits per heavy atom. The van der Waals surface area contributed by atoms with Crippen LogP contribution in [-0.4, -0.2) is 35.1 Å². The Bertz CT molecular complexity index is 430. The van der Waals surface area contributed by atoms with Gasteiger partial charge in [0.25, 0.3) is 5.91 Å². The third-order valence-electron chi connectivity index (χ3n) is 2.54. The van der Waals surface area contributed by atoms with Gasteiger partial charge in [-0.05, 0) is 18.6 Å². The third kappa shape index (κ3) is 2.62. The molecule has 0 radical (unpaired) electrons. The van der Waals surface area contributed by atoms with Crippen LogP contribution in [-0.2, 0) is 4.79 Å². The minimum absolute atomic E-state index is 0.208. The summed E-state index contributed by atoms with van der Waals surface area (Å²) in [6.07, 6.45) is 0.265. The lowest BCUT2D eigenvalue weighted by Crippen LogP contribution is -2.28. The van der Waals surface area contributed by atoms with Gasteiger partial charge in [0.2, 0.25) is 0 Å². The number of likely N-dealkylation sites (tertiary alicyclic amines) is 1. The first-order valence-electron chi connectivity index (χ1n) is 5.30. The number of benzene rings is 1. The van der Waals surface area contributed by atoms with E-state index in [2.05, 4.69) is 11.8 Å². The molecule has 1 fully saturated rings. The Morgan fingerprint density at radius 2 is 2.12 bits per heavy atom. The Kier molecular flexibility index (Phi) is 3.23. The van der Waals surface area contributed by atoms with Gasteiger partial charge >= 0.3 is 0 Å². The number of β-amino-alcohol motifs (C(OH)–C–C–N with tert-alkyl or cyclic N) is 1. The van der Waals surface area contributed by atoms with E-state index < -0.39 is 0 Å². The molecule has 1 aliphatic rings. The summed E-state index contributed by atoms with van der Waals surface area (Å²) in [4.78, 5) is 13.2. The molecule has 3 heteroatoms. The van der Waals surface area contributed by atoms with Crippen LogP contribution in [0.2, 0.25) is 0 Å². The number of rotatable bonds is 0. The second kappa shape index (κ2) is 4.82. The highest BCUT2D eigenvalue weighted by molar-refractivity contribution is 5.94. The van der Waals surface area contributed by atoms with Gasteiger partial charge in [0.15, 0.2) is 0 Å². The molecular weight excluding hydrogens is 202 g/mol. The lowest BCUT2D eigenvalue weighted by Gasteiger charge is -2.10. The molecule has 1 aromatic rings. The summed E-state index contributed by atoms with van der Waals surface area (Å²) >= 11 is 0. The quantitative estimate of drug-likeness (QED) is 0.645. The van der Waals surface area contributed by atoms with Gasteiger partial charge in [0, 0.05) is 24.6 Å². The predicted molar refractivity (Wildman–Crippen MR) is 60.5 cm³/mol. The second-order valence-electron chi connectivity index (χ2n) is 3.81. The highest BCUT2D eigenvalue weighted by atomic mass is 16.3. The number of hydrogen-bond donors (Lipinski definition) is 1. The smallest absolute Gasteiger partial charge is 0.298 e. The molecule has 2 rings (SSSR count). The molecule has 16 heavy (non-hydrogen) atoms. The minimum Gasteiger partial charge on any atom is -0.391 e. The molecule has 1 aliphatic heterocycles. The third-order valence-corrected chi connectivity index (χ3v) is 2.54. The monoisotopic (exact) mass is 215 g/mol. The SMILES string of the molecule is O=C(C#Cc1ccccc1)N1CCC(O)C1. The van der Waals surface area contributed by atoms with Crippen LogP contribution in [0.25, 0.3) is 0 Å². The van der Waals surface area contributed by atoms with Crippen molar-refractivity contribution in [2.24, 2.45) is 0 Å². The van der Waals surface area contributed by atoms with E-state index in [0.717, 1.165) is 5.56 Å². The molecule has 0 bridgehead atoms. The molecule has 1 heterocycles. The molecule has 0 spiro atoms. The Labute approximate surface area is 94.7 Å². The van der Waals surface area contributed by atoms with E-state index in [4.69, 9.17) is 0 Å². The van der Waals surface area contributed by atoms with Crippen LogP contribution in [0.15, 0.2) is 30.3 Å². The van der Waals surface area contributed by atoms with Crippen molar-refractivity contribution >= 4 is 5.91 Å². The Morgan fingerprint density at radius 1 is 1.38 bits per heavy atom. The van der Waals surface area contributed by atoms with Crippen molar-refractivity contribution in [2.75, 3.05) is 13.1 Å². The number of nitrogens with zero attached hydrogens (tertiary/aromatic N) is 1. The maximum absolute atomic E-state index is 11.6. The summed E-state index contributed by atoms with van der Waals surface area (Å²) in [5.74, 6) is 5.19. The molecular formula is C13H13NO2. The summed E-state index contributed by atoms with van der Waals surface area (Å²) in [7, 11) is 0. The molecule has 0 aliphatic carbocycles. The molecule has 1 amide bonds. The van der Waals surface area contributed by atoms with Crippen LogP contribution in [0.4, 0.5) is 0 Å². The minimum atomic E-state index is -0.387. The molecule has 82 valence electrons. The fourth-order valence-electron chi connectivity index (χ4n) is 1.65. The van der Waals surface area contributed by atoms with Gasteiger partial charge in [-0.25, -0.2) is 0 Å². The standard InChI is InChI=1S/C13H13NO2/c15-12-8-9-14(10-12)13(16)7-6-11-4-2-1-3-5-11/h1-5,12,15H,8-10H2. The predicted octanol–water partition coefficient (Wildman–Crippen LogP) is 0.631. The number of hydrogen-bond acceptors (Lipinski definition) is 2. The fourth-order valence-corrected chi connectivity index (χ4v) is 1.65. The van der Waals surface area contributed by atoms with Gasteiger partial charge < -0.3 is 10.0 Å². The van der Waals surface area contributed by atoms with E-state index in [0.29, 0.717) is 19.5 Å². The highest BCUT2D eigenvalue weighted by Crippen LogP contribution is 2.08. The number of carbonyl (C=O) groups excluding carboxylic acids is 1. The first-order valence-corrected chi connectivity index (χ1v) is 5.30. The van der Waals surface area contributed by atoms with E-state index in [1.54, 1.807) is 4.90 Å². The normalized spacial score (nSPS) is 19.1. The average Bonchev–Trinajstić information content (AvgIpc) is 2.74. The maximum atomic E-state index is 11.6. The van der Waals surface area contributed by atoms with Gasteiger partial charge in [0.05, 0.1) is 6.10 Å². The lowest BCUT2D eigenvalue weighted by molar-refractivity contribution is -0.124. The van der Waals surface area contributed by atoms with Crippen molar-refractivity contribution in [3.05, 3.63) is 35.9 Å². The van der Waals surface area contributed by atoms with Crippen LogP contribution in [0.1, 0.15) is 12.0 Å². The van der Waals surface area contributed by atoms with E-state index >= 15 is 0 Å². The average molecular weight is 215 g/mol. The van der Waals surface area contributed by atoms with E-state index in [9.17, 15) is 9.90 Å². The van der Waals surface area contributed by atoms with Crippen molar-refractivity contribution in [3.8, 4) is 11.8 Å². The van der Waals surface area contributed by atoms with Crippen molar-refractivity contribution in [1.82, 2.24) is 4.90 Å². The van der Waals surface area contributed by atoms with Gasteiger partial charge in [0.1, 0.15) is 0 Å². The zero-order valence-corrected chi connectivity index (χ0v) is 8.89. The van der Waals surface area contributed by atoms with Crippen LogP contribution < -0.4 is 0 Å². The largest absolute Gasteiger partial charge is 0.391 e. The summed E-state index contributed by atoms with van der Waals surface area (Å²) in [6.45, 7) is 1.01. The molecule has 1 unspecified atom stereocenters. The van der Waals surface area contributed by atoms with E-state index in [1.807, 2.05) is 30.3 Å². The van der Waals surface area contributed by atoms with Gasteiger partial charge in [-0.2, -0.15) is 0 Å². The number of carbonyl (C=O) groups is 1. The summed E-state index contributed by atoms with van der Waals surface area (Å²) in [6, 6.07) is 9.39. The summed E-state index contributed by atoms with van der Waals surface area (Å²) in [5.41, 5.74) is 0.829. The Hall–Kier alpha value is -1.79. The second-order valence-corrected chi connectivity index (χ2v) is 3.81.